The van der Waals surface area contributed by atoms with Crippen molar-refractivity contribution >= 4 is 0 Å². The molecule has 5 nitrogen and oxygen atoms in total. The second-order valence-corrected chi connectivity index (χ2v) is 6.03. The van der Waals surface area contributed by atoms with Crippen LogP contribution in [0.3, 0.4) is 0 Å². The summed E-state index contributed by atoms with van der Waals surface area (Å²) in [5, 5.41) is 0. The van der Waals surface area contributed by atoms with E-state index in [1.54, 1.807) is 13.3 Å². The van der Waals surface area contributed by atoms with E-state index in [0.29, 0.717) is 0 Å². The number of ether oxygens (including phenoxy) is 3. The zero-order chi connectivity index (χ0) is 16.3. The third-order valence-corrected chi connectivity index (χ3v) is 4.42. The molecule has 5 heteroatoms. The first-order valence-electron chi connectivity index (χ1n) is 8.09. The molecule has 1 aromatic heterocycles. The van der Waals surface area contributed by atoms with Crippen LogP contribution >= 0.6 is 0 Å². The minimum absolute atomic E-state index is 0.0744. The van der Waals surface area contributed by atoms with Gasteiger partial charge < -0.3 is 18.8 Å². The van der Waals surface area contributed by atoms with Crippen molar-refractivity contribution in [3.63, 3.8) is 0 Å². The Bertz CT molecular complexity index is 600. The molecule has 1 fully saturated rings. The Kier molecular flexibility index (Phi) is 4.68. The maximum Gasteiger partial charge on any atom is 0.195 e. The molecule has 124 valence electrons. The van der Waals surface area contributed by atoms with Gasteiger partial charge in [0.05, 0.1) is 25.6 Å². The van der Waals surface area contributed by atoms with E-state index in [0.717, 1.165) is 30.7 Å². The van der Waals surface area contributed by atoms with E-state index < -0.39 is 5.79 Å². The highest BCUT2D eigenvalue weighted by Gasteiger charge is 2.45. The van der Waals surface area contributed by atoms with Crippen molar-refractivity contribution in [2.75, 3.05) is 7.11 Å². The summed E-state index contributed by atoms with van der Waals surface area (Å²) in [5.74, 6) is 0.160. The number of hydrogen-bond acceptors (Lipinski definition) is 4. The molecule has 2 atom stereocenters. The van der Waals surface area contributed by atoms with Gasteiger partial charge in [0.2, 0.25) is 0 Å². The number of imidazole rings is 1. The lowest BCUT2D eigenvalue weighted by Crippen LogP contribution is -2.28. The van der Waals surface area contributed by atoms with Crippen LogP contribution in [0.2, 0.25) is 0 Å². The fourth-order valence-corrected chi connectivity index (χ4v) is 2.98. The van der Waals surface area contributed by atoms with E-state index in [1.807, 2.05) is 36.8 Å². The first-order chi connectivity index (χ1) is 11.1. The first-order valence-corrected chi connectivity index (χ1v) is 8.09. The molecular weight excluding hydrogens is 292 g/mol. The third kappa shape index (κ3) is 3.41. The van der Waals surface area contributed by atoms with Crippen molar-refractivity contribution in [2.24, 2.45) is 0 Å². The predicted molar refractivity (Wildman–Crippen MR) is 87.2 cm³/mol. The summed E-state index contributed by atoms with van der Waals surface area (Å²) < 4.78 is 19.8. The molecule has 23 heavy (non-hydrogen) atoms. The molecule has 2 heterocycles. The van der Waals surface area contributed by atoms with Gasteiger partial charge in [-0.1, -0.05) is 0 Å². The van der Waals surface area contributed by atoms with Crippen LogP contribution < -0.4 is 4.74 Å². The molecule has 1 aromatic carbocycles. The highest BCUT2D eigenvalue weighted by Crippen LogP contribution is 2.41. The van der Waals surface area contributed by atoms with E-state index in [-0.39, 0.29) is 12.2 Å². The lowest BCUT2D eigenvalue weighted by molar-refractivity contribution is -0.188. The number of rotatable bonds is 6. The molecule has 2 aromatic rings. The van der Waals surface area contributed by atoms with Crippen LogP contribution in [0.1, 0.15) is 32.3 Å². The van der Waals surface area contributed by atoms with Crippen molar-refractivity contribution in [3.05, 3.63) is 48.5 Å². The number of nitrogens with zero attached hydrogens (tertiary/aromatic N) is 2. The van der Waals surface area contributed by atoms with Crippen molar-refractivity contribution in [3.8, 4) is 5.75 Å². The Hall–Kier alpha value is -1.85. The van der Waals surface area contributed by atoms with Gasteiger partial charge in [0.1, 0.15) is 5.75 Å². The minimum atomic E-state index is -0.675. The average molecular weight is 316 g/mol. The number of aromatic nitrogens is 2. The molecule has 0 saturated carbocycles. The largest absolute Gasteiger partial charge is 0.497 e. The molecule has 3 rings (SSSR count). The maximum atomic E-state index is 6.25. The average Bonchev–Trinajstić information content (AvgIpc) is 3.17. The summed E-state index contributed by atoms with van der Waals surface area (Å²) in [7, 11) is 1.67. The SMILES string of the molecule is COc1ccc(C2(CCCn3ccnc3)OC(C)C(C)O2)cc1. The van der Waals surface area contributed by atoms with Crippen LogP contribution in [0.4, 0.5) is 0 Å². The smallest absolute Gasteiger partial charge is 0.195 e. The van der Waals surface area contributed by atoms with Gasteiger partial charge in [-0.3, -0.25) is 0 Å². The first kappa shape index (κ1) is 16.0. The quantitative estimate of drug-likeness (QED) is 0.820. The van der Waals surface area contributed by atoms with E-state index in [2.05, 4.69) is 23.4 Å². The van der Waals surface area contributed by atoms with Crippen LogP contribution in [-0.2, 0) is 21.8 Å². The van der Waals surface area contributed by atoms with Gasteiger partial charge in [0.25, 0.3) is 0 Å². The van der Waals surface area contributed by atoms with Crippen LogP contribution in [0.5, 0.6) is 5.75 Å². The fourth-order valence-electron chi connectivity index (χ4n) is 2.98. The molecule has 0 aliphatic carbocycles. The van der Waals surface area contributed by atoms with E-state index in [1.165, 1.54) is 0 Å². The topological polar surface area (TPSA) is 45.5 Å². The van der Waals surface area contributed by atoms with Gasteiger partial charge in [0.15, 0.2) is 5.79 Å². The summed E-state index contributed by atoms with van der Waals surface area (Å²) >= 11 is 0. The van der Waals surface area contributed by atoms with Crippen LogP contribution in [0.15, 0.2) is 43.0 Å². The Morgan fingerprint density at radius 1 is 1.17 bits per heavy atom. The van der Waals surface area contributed by atoms with E-state index in [9.17, 15) is 0 Å². The van der Waals surface area contributed by atoms with E-state index >= 15 is 0 Å². The molecule has 1 aliphatic rings. The molecule has 0 N–H and O–H groups in total. The molecule has 0 amide bonds. The van der Waals surface area contributed by atoms with Gasteiger partial charge >= 0.3 is 0 Å². The second-order valence-electron chi connectivity index (χ2n) is 6.03. The maximum absolute atomic E-state index is 6.25. The molecule has 0 radical (unpaired) electrons. The fraction of sp³-hybridized carbons (Fsp3) is 0.500. The zero-order valence-corrected chi connectivity index (χ0v) is 13.9. The number of methoxy groups -OCH3 is 1. The van der Waals surface area contributed by atoms with Gasteiger partial charge in [-0.05, 0) is 44.5 Å². The van der Waals surface area contributed by atoms with Crippen LogP contribution in [-0.4, -0.2) is 28.9 Å². The van der Waals surface area contributed by atoms with Crippen molar-refractivity contribution in [2.45, 2.75) is 51.2 Å². The van der Waals surface area contributed by atoms with Gasteiger partial charge in [-0.2, -0.15) is 0 Å². The van der Waals surface area contributed by atoms with Gasteiger partial charge in [0, 0.05) is 30.9 Å². The highest BCUT2D eigenvalue weighted by atomic mass is 16.8. The normalized spacial score (nSPS) is 27.3. The summed E-state index contributed by atoms with van der Waals surface area (Å²) in [6.45, 7) is 5.02. The summed E-state index contributed by atoms with van der Waals surface area (Å²) in [4.78, 5) is 4.08. The monoisotopic (exact) mass is 316 g/mol. The molecular formula is C18H24N2O3. The lowest BCUT2D eigenvalue weighted by atomic mass is 10.00. The standard InChI is InChI=1S/C18H24N2O3/c1-14-15(2)23-18(22-14,9-4-11-20-12-10-19-13-20)16-5-7-17(21-3)8-6-16/h5-8,10,12-15H,4,9,11H2,1-3H3. The Morgan fingerprint density at radius 2 is 1.87 bits per heavy atom. The lowest BCUT2D eigenvalue weighted by Gasteiger charge is -2.29. The van der Waals surface area contributed by atoms with E-state index in [4.69, 9.17) is 14.2 Å². The van der Waals surface area contributed by atoms with Gasteiger partial charge in [-0.15, -0.1) is 0 Å². The predicted octanol–water partition coefficient (Wildman–Crippen LogP) is 3.35. The molecule has 1 aliphatic heterocycles. The molecule has 1 saturated heterocycles. The van der Waals surface area contributed by atoms with Gasteiger partial charge in [-0.25, -0.2) is 4.98 Å². The summed E-state index contributed by atoms with van der Waals surface area (Å²) in [6, 6.07) is 7.96. The van der Waals surface area contributed by atoms with Crippen LogP contribution in [0.25, 0.3) is 0 Å². The number of benzene rings is 1. The Morgan fingerprint density at radius 3 is 2.43 bits per heavy atom. The zero-order valence-electron chi connectivity index (χ0n) is 13.9. The molecule has 0 spiro atoms. The number of hydrogen-bond donors (Lipinski definition) is 0. The summed E-state index contributed by atoms with van der Waals surface area (Å²) in [5.41, 5.74) is 1.04. The molecule has 0 bridgehead atoms. The van der Waals surface area contributed by atoms with Crippen molar-refractivity contribution in [1.82, 2.24) is 9.55 Å². The Labute approximate surface area is 137 Å². The minimum Gasteiger partial charge on any atom is -0.497 e. The number of aryl methyl sites for hydroxylation is 1. The second kappa shape index (κ2) is 6.72. The summed E-state index contributed by atoms with van der Waals surface area (Å²) in [6.07, 6.45) is 7.50. The third-order valence-electron chi connectivity index (χ3n) is 4.42. The van der Waals surface area contributed by atoms with Crippen molar-refractivity contribution < 1.29 is 14.2 Å². The van der Waals surface area contributed by atoms with Crippen molar-refractivity contribution in [1.29, 1.82) is 0 Å². The Balaban J connectivity index is 1.76. The molecule has 2 unspecified atom stereocenters. The highest BCUT2D eigenvalue weighted by molar-refractivity contribution is 5.30. The van der Waals surface area contributed by atoms with Crippen LogP contribution in [0, 0.1) is 0 Å².